The molecule has 10 nitrogen and oxygen atoms in total. The van der Waals surface area contributed by atoms with Crippen LogP contribution in [0.4, 0.5) is 0 Å². The van der Waals surface area contributed by atoms with Gasteiger partial charge in [-0.25, -0.2) is 16.8 Å². The normalized spacial score (nSPS) is 11.2. The molecule has 0 aliphatic carbocycles. The molecule has 0 amide bonds. The molecule has 0 aliphatic rings. The van der Waals surface area contributed by atoms with Crippen LogP contribution in [0.5, 0.6) is 0 Å². The Kier molecular flexibility index (Phi) is 13.1. The van der Waals surface area contributed by atoms with E-state index in [1.807, 2.05) is 24.3 Å². The molecule has 4 aromatic heterocycles. The average Bonchev–Trinajstić information content (AvgIpc) is 3.19. The molecule has 1 radical (unpaired) electrons. The average molecular weight is 776 g/mol. The zero-order valence-corrected chi connectivity index (χ0v) is 30.1. The third-order valence-electron chi connectivity index (χ3n) is 7.61. The molecule has 0 atom stereocenters. The molecular formula is C39H32CuN6O4S2. The van der Waals surface area contributed by atoms with Crippen molar-refractivity contribution in [3.05, 3.63) is 168 Å². The number of hydrogen-bond acceptors (Lipinski definition) is 8. The summed E-state index contributed by atoms with van der Waals surface area (Å²) < 4.78 is 54.9. The van der Waals surface area contributed by atoms with Crippen LogP contribution in [0.2, 0.25) is 0 Å². The molecule has 0 saturated carbocycles. The minimum atomic E-state index is -3.69. The summed E-state index contributed by atoms with van der Waals surface area (Å²) in [6, 6.07) is 40.0. The maximum absolute atomic E-state index is 11.9. The van der Waals surface area contributed by atoms with Gasteiger partial charge in [-0.3, -0.25) is 19.9 Å². The zero-order valence-electron chi connectivity index (χ0n) is 27.6. The van der Waals surface area contributed by atoms with E-state index in [9.17, 15) is 16.8 Å². The van der Waals surface area contributed by atoms with E-state index in [1.165, 1.54) is 24.3 Å². The maximum atomic E-state index is 11.9. The zero-order chi connectivity index (χ0) is 35.5. The number of pyridine rings is 4. The van der Waals surface area contributed by atoms with Crippen molar-refractivity contribution in [2.75, 3.05) is 13.1 Å². The largest absolute Gasteiger partial charge is 2.00 e. The molecule has 265 valence electrons. The quantitative estimate of drug-likeness (QED) is 0.0848. The SMILES string of the molecule is O=S(=O)([N-]CCC[N-]S(=O)(=O)c1ccccc1)c1ccccc1.[Cu+2].c1cnc2c(c1)ccc1cccnc12.c1cnc2c(c1)ccc1cccnc12. The van der Waals surface area contributed by atoms with Crippen LogP contribution in [-0.2, 0) is 37.1 Å². The molecule has 8 rings (SSSR count). The predicted molar refractivity (Wildman–Crippen MR) is 202 cm³/mol. The van der Waals surface area contributed by atoms with Crippen molar-refractivity contribution in [1.82, 2.24) is 19.9 Å². The first-order valence-electron chi connectivity index (χ1n) is 16.0. The monoisotopic (exact) mass is 775 g/mol. The summed E-state index contributed by atoms with van der Waals surface area (Å²) in [5, 5.41) is 4.55. The molecule has 4 aromatic carbocycles. The molecule has 13 heteroatoms. The standard InChI is InChI=1S/C15H16N2O4S2.2C12H8N2.Cu/c18-22(19,14-8-3-1-4-9-14)16-12-7-13-17-23(20,21)15-10-5-2-6-11-15;2*1-3-9-5-6-10-4-2-8-14-12(10)11(9)13-7-1;/h1-6,8-11H,7,12-13H2;2*1-8H;/q-2;;;+2. The molecule has 8 aromatic rings. The molecule has 0 aliphatic heterocycles. The Morgan fingerprint density at radius 3 is 0.962 bits per heavy atom. The smallest absolute Gasteiger partial charge is 0.545 e. The number of rotatable bonds is 8. The second kappa shape index (κ2) is 17.9. The van der Waals surface area contributed by atoms with Gasteiger partial charge in [0, 0.05) is 56.1 Å². The van der Waals surface area contributed by atoms with Gasteiger partial charge in [0.1, 0.15) is 20.0 Å². The van der Waals surface area contributed by atoms with Crippen LogP contribution in [0.25, 0.3) is 53.1 Å². The van der Waals surface area contributed by atoms with Gasteiger partial charge in [-0.1, -0.05) is 91.3 Å². The summed E-state index contributed by atoms with van der Waals surface area (Å²) >= 11 is 0. The van der Waals surface area contributed by atoms with Crippen LogP contribution in [0, 0.1) is 0 Å². The maximum Gasteiger partial charge on any atom is 2.00 e. The second-order valence-electron chi connectivity index (χ2n) is 11.1. The van der Waals surface area contributed by atoms with Gasteiger partial charge in [-0.15, -0.1) is 13.1 Å². The minimum absolute atomic E-state index is 0. The fraction of sp³-hybridized carbons (Fsp3) is 0.0769. The molecular weight excluding hydrogens is 744 g/mol. The number of benzene rings is 4. The summed E-state index contributed by atoms with van der Waals surface area (Å²) in [5.41, 5.74) is 3.91. The van der Waals surface area contributed by atoms with E-state index < -0.39 is 20.0 Å². The first-order chi connectivity index (χ1) is 24.8. The van der Waals surface area contributed by atoms with Gasteiger partial charge < -0.3 is 9.44 Å². The van der Waals surface area contributed by atoms with Gasteiger partial charge >= 0.3 is 17.1 Å². The van der Waals surface area contributed by atoms with E-state index in [2.05, 4.69) is 77.9 Å². The van der Waals surface area contributed by atoms with E-state index in [0.717, 1.165) is 43.6 Å². The number of hydrogen-bond donors (Lipinski definition) is 0. The van der Waals surface area contributed by atoms with Crippen LogP contribution < -0.4 is 0 Å². The summed E-state index contributed by atoms with van der Waals surface area (Å²) in [7, 11) is -7.39. The van der Waals surface area contributed by atoms with Crippen LogP contribution in [0.1, 0.15) is 6.42 Å². The van der Waals surface area contributed by atoms with Crippen molar-refractivity contribution in [1.29, 1.82) is 0 Å². The van der Waals surface area contributed by atoms with Crippen LogP contribution in [-0.4, -0.2) is 49.9 Å². The molecule has 0 saturated heterocycles. The number of sulfonamides is 2. The Morgan fingerprint density at radius 2 is 0.673 bits per heavy atom. The summed E-state index contributed by atoms with van der Waals surface area (Å²) in [6.07, 6.45) is 7.44. The Morgan fingerprint density at radius 1 is 0.385 bits per heavy atom. The fourth-order valence-electron chi connectivity index (χ4n) is 5.13. The van der Waals surface area contributed by atoms with E-state index in [-0.39, 0.29) is 46.4 Å². The van der Waals surface area contributed by atoms with Gasteiger partial charge in [0.15, 0.2) is 0 Å². The molecule has 0 N–H and O–H groups in total. The third-order valence-corrected chi connectivity index (χ3v) is 10.4. The van der Waals surface area contributed by atoms with Crippen molar-refractivity contribution in [2.45, 2.75) is 16.2 Å². The summed E-state index contributed by atoms with van der Waals surface area (Å²) in [4.78, 5) is 17.6. The van der Waals surface area contributed by atoms with Crippen molar-refractivity contribution in [2.24, 2.45) is 0 Å². The summed E-state index contributed by atoms with van der Waals surface area (Å²) in [5.74, 6) is 0. The molecule has 0 spiro atoms. The van der Waals surface area contributed by atoms with E-state index in [4.69, 9.17) is 0 Å². The molecule has 0 bridgehead atoms. The molecule has 0 unspecified atom stereocenters. The van der Waals surface area contributed by atoms with E-state index >= 15 is 0 Å². The van der Waals surface area contributed by atoms with E-state index in [1.54, 1.807) is 61.2 Å². The van der Waals surface area contributed by atoms with Gasteiger partial charge in [0.2, 0.25) is 0 Å². The van der Waals surface area contributed by atoms with Gasteiger partial charge in [0.25, 0.3) is 0 Å². The molecule has 52 heavy (non-hydrogen) atoms. The molecule has 0 fully saturated rings. The van der Waals surface area contributed by atoms with Crippen molar-refractivity contribution < 1.29 is 33.9 Å². The van der Waals surface area contributed by atoms with Crippen LogP contribution in [0.15, 0.2) is 168 Å². The Labute approximate surface area is 313 Å². The van der Waals surface area contributed by atoms with Crippen molar-refractivity contribution in [3.63, 3.8) is 0 Å². The van der Waals surface area contributed by atoms with Gasteiger partial charge in [-0.2, -0.15) is 0 Å². The topological polar surface area (TPSA) is 148 Å². The first-order valence-corrected chi connectivity index (χ1v) is 18.8. The van der Waals surface area contributed by atoms with Crippen LogP contribution in [0.3, 0.4) is 0 Å². The summed E-state index contributed by atoms with van der Waals surface area (Å²) in [6.45, 7) is -0.0178. The Bertz CT molecular complexity index is 2320. The van der Waals surface area contributed by atoms with Crippen molar-refractivity contribution in [3.8, 4) is 0 Å². The predicted octanol–water partition coefficient (Wildman–Crippen LogP) is 8.47. The van der Waals surface area contributed by atoms with Gasteiger partial charge in [0.05, 0.1) is 22.1 Å². The second-order valence-corrected chi connectivity index (χ2v) is 14.4. The number of nitrogens with zero attached hydrogens (tertiary/aromatic N) is 6. The molecule has 4 heterocycles. The number of aromatic nitrogens is 4. The Balaban J connectivity index is 0.000000156. The first kappa shape index (κ1) is 38.1. The third kappa shape index (κ3) is 9.59. The van der Waals surface area contributed by atoms with Crippen molar-refractivity contribution >= 4 is 63.7 Å². The van der Waals surface area contributed by atoms with Crippen LogP contribution >= 0.6 is 0 Å². The van der Waals surface area contributed by atoms with Gasteiger partial charge in [-0.05, 0) is 48.5 Å². The van der Waals surface area contributed by atoms with E-state index in [0.29, 0.717) is 0 Å². The number of fused-ring (bicyclic) bond motifs is 6. The minimum Gasteiger partial charge on any atom is -0.545 e. The Hall–Kier alpha value is -5.14. The fourth-order valence-corrected chi connectivity index (χ4v) is 7.17.